The molecule has 1 saturated carbocycles. The van der Waals surface area contributed by atoms with Crippen LogP contribution < -0.4 is 0 Å². The van der Waals surface area contributed by atoms with Crippen LogP contribution in [0.4, 0.5) is 0 Å². The van der Waals surface area contributed by atoms with Crippen LogP contribution in [0.15, 0.2) is 0 Å². The Hall–Kier alpha value is -0.570. The number of unbranched alkanes of at least 4 members (excludes halogenated alkanes) is 1. The van der Waals surface area contributed by atoms with Crippen LogP contribution in [-0.4, -0.2) is 17.8 Å². The largest absolute Gasteiger partial charge is 0.465 e. The molecule has 0 spiro atoms. The molecule has 0 radical (unpaired) electrons. The summed E-state index contributed by atoms with van der Waals surface area (Å²) in [5, 5.41) is -0.266. The molecule has 1 aliphatic carbocycles. The Bertz CT molecular complexity index is 245. The Morgan fingerprint density at radius 3 is 2.25 bits per heavy atom. The van der Waals surface area contributed by atoms with Crippen molar-refractivity contribution in [3.63, 3.8) is 0 Å². The normalized spacial score (nSPS) is 25.1. The van der Waals surface area contributed by atoms with Crippen molar-refractivity contribution in [1.29, 1.82) is 0 Å². The Morgan fingerprint density at radius 1 is 1.19 bits per heavy atom. The third-order valence-electron chi connectivity index (χ3n) is 3.12. The van der Waals surface area contributed by atoms with Crippen molar-refractivity contribution < 1.29 is 14.3 Å². The molecule has 0 bridgehead atoms. The summed E-state index contributed by atoms with van der Waals surface area (Å²) in [6.07, 6.45) is 4.84. The zero-order valence-electron chi connectivity index (χ0n) is 9.71. The molecule has 1 aliphatic rings. The van der Waals surface area contributed by atoms with Crippen molar-refractivity contribution in [2.45, 2.75) is 45.4 Å². The second kappa shape index (κ2) is 6.89. The van der Waals surface area contributed by atoms with Gasteiger partial charge in [0.1, 0.15) is 0 Å². The first kappa shape index (κ1) is 13.5. The molecular weight excluding hydrogens is 228 g/mol. The maximum absolute atomic E-state index is 11.6. The molecule has 0 aliphatic heterocycles. The fourth-order valence-electron chi connectivity index (χ4n) is 1.99. The van der Waals surface area contributed by atoms with Crippen LogP contribution in [0.5, 0.6) is 0 Å². The molecule has 0 heterocycles. The molecule has 0 aromatic heterocycles. The minimum absolute atomic E-state index is 0.0240. The second-order valence-electron chi connectivity index (χ2n) is 4.37. The van der Waals surface area contributed by atoms with E-state index in [4.69, 9.17) is 16.3 Å². The van der Waals surface area contributed by atoms with E-state index in [2.05, 4.69) is 6.92 Å². The maximum atomic E-state index is 11.6. The van der Waals surface area contributed by atoms with Gasteiger partial charge >= 0.3 is 5.97 Å². The number of halogens is 1. The van der Waals surface area contributed by atoms with E-state index in [1.165, 1.54) is 0 Å². The Balaban J connectivity index is 2.25. The topological polar surface area (TPSA) is 43.4 Å². The highest BCUT2D eigenvalue weighted by molar-refractivity contribution is 6.63. The van der Waals surface area contributed by atoms with Gasteiger partial charge in [-0.2, -0.15) is 0 Å². The third-order valence-corrected chi connectivity index (χ3v) is 3.43. The molecular formula is C12H19ClO3. The van der Waals surface area contributed by atoms with Crippen molar-refractivity contribution in [3.8, 4) is 0 Å². The maximum Gasteiger partial charge on any atom is 0.308 e. The van der Waals surface area contributed by atoms with Crippen LogP contribution in [0, 0.1) is 11.8 Å². The highest BCUT2D eigenvalue weighted by Crippen LogP contribution is 2.30. The number of hydrogen-bond acceptors (Lipinski definition) is 3. The van der Waals surface area contributed by atoms with Crippen LogP contribution in [0.2, 0.25) is 0 Å². The fourth-order valence-corrected chi connectivity index (χ4v) is 2.21. The molecule has 0 amide bonds. The van der Waals surface area contributed by atoms with Crippen LogP contribution >= 0.6 is 11.6 Å². The first-order chi connectivity index (χ1) is 7.65. The van der Waals surface area contributed by atoms with Crippen molar-refractivity contribution >= 4 is 22.8 Å². The van der Waals surface area contributed by atoms with E-state index >= 15 is 0 Å². The first-order valence-electron chi connectivity index (χ1n) is 6.01. The van der Waals surface area contributed by atoms with Crippen molar-refractivity contribution in [2.24, 2.45) is 11.8 Å². The molecule has 4 heteroatoms. The van der Waals surface area contributed by atoms with Crippen molar-refractivity contribution in [1.82, 2.24) is 0 Å². The van der Waals surface area contributed by atoms with Crippen LogP contribution in [-0.2, 0) is 14.3 Å². The number of ether oxygens (including phenoxy) is 1. The Kier molecular flexibility index (Phi) is 5.81. The number of rotatable bonds is 5. The molecule has 16 heavy (non-hydrogen) atoms. The lowest BCUT2D eigenvalue weighted by Crippen LogP contribution is -2.26. The Morgan fingerprint density at radius 2 is 1.75 bits per heavy atom. The highest BCUT2D eigenvalue weighted by atomic mass is 35.5. The van der Waals surface area contributed by atoms with Gasteiger partial charge in [-0.1, -0.05) is 13.3 Å². The van der Waals surface area contributed by atoms with Gasteiger partial charge in [0.05, 0.1) is 12.5 Å². The van der Waals surface area contributed by atoms with E-state index < -0.39 is 0 Å². The van der Waals surface area contributed by atoms with Crippen molar-refractivity contribution in [3.05, 3.63) is 0 Å². The number of carbonyl (C=O) groups is 2. The molecule has 1 rings (SSSR count). The summed E-state index contributed by atoms with van der Waals surface area (Å²) >= 11 is 5.43. The predicted molar refractivity (Wildman–Crippen MR) is 62.2 cm³/mol. The summed E-state index contributed by atoms with van der Waals surface area (Å²) in [6, 6.07) is 0. The minimum atomic E-state index is -0.266. The third kappa shape index (κ3) is 4.12. The van der Waals surface area contributed by atoms with E-state index in [1.807, 2.05) is 0 Å². The van der Waals surface area contributed by atoms with E-state index in [-0.39, 0.29) is 23.0 Å². The lowest BCUT2D eigenvalue weighted by Gasteiger charge is -2.24. The van der Waals surface area contributed by atoms with Crippen molar-refractivity contribution in [2.75, 3.05) is 6.61 Å². The highest BCUT2D eigenvalue weighted by Gasteiger charge is 2.29. The molecule has 3 nitrogen and oxygen atoms in total. The average molecular weight is 247 g/mol. The van der Waals surface area contributed by atoms with Gasteiger partial charge in [-0.3, -0.25) is 9.59 Å². The molecule has 0 saturated heterocycles. The Labute approximate surface area is 101 Å². The minimum Gasteiger partial charge on any atom is -0.465 e. The van der Waals surface area contributed by atoms with E-state index in [0.29, 0.717) is 6.61 Å². The quantitative estimate of drug-likeness (QED) is 0.426. The number of hydrogen-bond donors (Lipinski definition) is 0. The summed E-state index contributed by atoms with van der Waals surface area (Å²) in [5.41, 5.74) is 0. The van der Waals surface area contributed by atoms with Gasteiger partial charge in [0.15, 0.2) is 0 Å². The second-order valence-corrected chi connectivity index (χ2v) is 4.75. The lowest BCUT2D eigenvalue weighted by molar-refractivity contribution is -0.150. The summed E-state index contributed by atoms with van der Waals surface area (Å²) in [6.45, 7) is 2.58. The zero-order valence-corrected chi connectivity index (χ0v) is 10.5. The van der Waals surface area contributed by atoms with Crippen LogP contribution in [0.3, 0.4) is 0 Å². The van der Waals surface area contributed by atoms with Crippen LogP contribution in [0.25, 0.3) is 0 Å². The van der Waals surface area contributed by atoms with Gasteiger partial charge in [0, 0.05) is 5.92 Å². The summed E-state index contributed by atoms with van der Waals surface area (Å²) in [4.78, 5) is 22.5. The summed E-state index contributed by atoms with van der Waals surface area (Å²) in [5.74, 6) is -0.181. The molecule has 92 valence electrons. The lowest BCUT2D eigenvalue weighted by atomic mass is 9.83. The molecule has 1 fully saturated rings. The van der Waals surface area contributed by atoms with Gasteiger partial charge in [0.2, 0.25) is 5.24 Å². The van der Waals surface area contributed by atoms with Gasteiger partial charge in [0.25, 0.3) is 0 Å². The molecule has 0 aromatic rings. The molecule has 0 atom stereocenters. The number of esters is 1. The molecule has 0 aromatic carbocycles. The zero-order chi connectivity index (χ0) is 12.0. The standard InChI is InChI=1S/C12H19ClO3/c1-2-3-8-16-12(15)10-6-4-9(5-7-10)11(13)14/h9-10H,2-8H2,1H3/t9-,10-. The molecule has 0 N–H and O–H groups in total. The fraction of sp³-hybridized carbons (Fsp3) is 0.833. The van der Waals surface area contributed by atoms with E-state index in [0.717, 1.165) is 38.5 Å². The number of carbonyl (C=O) groups excluding carboxylic acids is 2. The SMILES string of the molecule is CCCCOC(=O)[C@H]1CC[C@H](C(=O)Cl)CC1. The van der Waals surface area contributed by atoms with Crippen LogP contribution in [0.1, 0.15) is 45.4 Å². The average Bonchev–Trinajstić information content (AvgIpc) is 2.29. The van der Waals surface area contributed by atoms with Gasteiger partial charge in [-0.15, -0.1) is 0 Å². The monoisotopic (exact) mass is 246 g/mol. The smallest absolute Gasteiger partial charge is 0.308 e. The summed E-state index contributed by atoms with van der Waals surface area (Å²) < 4.78 is 5.16. The first-order valence-corrected chi connectivity index (χ1v) is 6.39. The molecule has 0 unspecified atom stereocenters. The van der Waals surface area contributed by atoms with Gasteiger partial charge < -0.3 is 4.74 Å². The van der Waals surface area contributed by atoms with E-state index in [1.54, 1.807) is 0 Å². The predicted octanol–water partition coefficient (Wildman–Crippen LogP) is 2.90. The summed E-state index contributed by atoms with van der Waals surface area (Å²) in [7, 11) is 0. The van der Waals surface area contributed by atoms with Gasteiger partial charge in [-0.05, 0) is 43.7 Å². The van der Waals surface area contributed by atoms with E-state index in [9.17, 15) is 9.59 Å². The van der Waals surface area contributed by atoms with Gasteiger partial charge in [-0.25, -0.2) is 0 Å².